The van der Waals surface area contributed by atoms with Crippen LogP contribution in [0.1, 0.15) is 62.4 Å². The quantitative estimate of drug-likeness (QED) is 0.585. The standard InChI is InChI=1S/C26H37N5O3/c1-16-14-30(15-25(5-6-25)24(27)33)7-8-31(16)21-4-2-3-20(28-21)23(32)29-22-18-9-17-10-19(22)13-26(34,11-17)12-18/h2-4,16-19,22,34H,5-15H2,1H3,(H2,27,33)(H,29,32)/t16-,17?,18?,19?,22-,26-/m1/s1. The molecule has 2 amide bonds. The highest BCUT2D eigenvalue weighted by Gasteiger charge is 2.55. The van der Waals surface area contributed by atoms with Crippen LogP contribution in [0.25, 0.3) is 0 Å². The van der Waals surface area contributed by atoms with Crippen molar-refractivity contribution in [1.29, 1.82) is 0 Å². The number of rotatable bonds is 6. The lowest BCUT2D eigenvalue weighted by Crippen LogP contribution is -2.61. The van der Waals surface area contributed by atoms with Gasteiger partial charge in [-0.05, 0) is 81.8 Å². The number of hydrogen-bond donors (Lipinski definition) is 3. The Morgan fingerprint density at radius 1 is 1.18 bits per heavy atom. The number of anilines is 1. The van der Waals surface area contributed by atoms with Gasteiger partial charge in [0, 0.05) is 38.3 Å². The van der Waals surface area contributed by atoms with Crippen LogP contribution in [0.2, 0.25) is 0 Å². The van der Waals surface area contributed by atoms with Crippen LogP contribution in [0, 0.1) is 23.2 Å². The van der Waals surface area contributed by atoms with Crippen molar-refractivity contribution in [3.63, 3.8) is 0 Å². The third-order valence-electron chi connectivity index (χ3n) is 9.41. The number of carbonyl (C=O) groups excluding carboxylic acids is 2. The van der Waals surface area contributed by atoms with Crippen LogP contribution in [-0.4, -0.2) is 70.7 Å². The molecule has 34 heavy (non-hydrogen) atoms. The molecule has 5 aliphatic carbocycles. The van der Waals surface area contributed by atoms with Crippen LogP contribution in [0.15, 0.2) is 18.2 Å². The van der Waals surface area contributed by atoms with Crippen molar-refractivity contribution in [2.24, 2.45) is 28.9 Å². The number of nitrogens with one attached hydrogen (secondary N) is 1. The second-order valence-corrected chi connectivity index (χ2v) is 12.0. The Kier molecular flexibility index (Phi) is 5.19. The highest BCUT2D eigenvalue weighted by molar-refractivity contribution is 5.93. The van der Waals surface area contributed by atoms with E-state index in [1.165, 1.54) is 0 Å². The number of aromatic nitrogens is 1. The van der Waals surface area contributed by atoms with Crippen LogP contribution in [0.4, 0.5) is 5.82 Å². The number of carbonyl (C=O) groups is 2. The molecule has 6 fully saturated rings. The summed E-state index contributed by atoms with van der Waals surface area (Å²) < 4.78 is 0. The summed E-state index contributed by atoms with van der Waals surface area (Å²) in [5.74, 6) is 1.94. The molecule has 1 aromatic rings. The third kappa shape index (κ3) is 3.88. The van der Waals surface area contributed by atoms with Crippen molar-refractivity contribution in [2.45, 2.75) is 69.6 Å². The van der Waals surface area contributed by atoms with Gasteiger partial charge in [0.1, 0.15) is 11.5 Å². The second kappa shape index (κ2) is 7.92. The van der Waals surface area contributed by atoms with E-state index in [2.05, 4.69) is 22.0 Å². The summed E-state index contributed by atoms with van der Waals surface area (Å²) in [6.07, 6.45) is 6.62. The predicted octanol–water partition coefficient (Wildman–Crippen LogP) is 1.53. The lowest BCUT2D eigenvalue weighted by Gasteiger charge is -2.58. The molecule has 6 aliphatic rings. The molecule has 2 unspecified atom stereocenters. The molecule has 4 bridgehead atoms. The molecule has 2 heterocycles. The molecule has 0 aromatic carbocycles. The second-order valence-electron chi connectivity index (χ2n) is 12.0. The zero-order chi connectivity index (χ0) is 23.7. The SMILES string of the molecule is C[C@@H]1CN(CC2(C(N)=O)CC2)CCN1c1cccc(C(=O)N[C@H]2C3CC4CC2C[C@](O)(C4)C3)n1. The lowest BCUT2D eigenvalue weighted by atomic mass is 9.52. The predicted molar refractivity (Wildman–Crippen MR) is 128 cm³/mol. The number of aliphatic hydroxyl groups is 1. The van der Waals surface area contributed by atoms with Crippen molar-refractivity contribution < 1.29 is 14.7 Å². The van der Waals surface area contributed by atoms with E-state index in [4.69, 9.17) is 10.7 Å². The molecule has 7 rings (SSSR count). The van der Waals surface area contributed by atoms with E-state index in [0.29, 0.717) is 23.4 Å². The normalized spacial score (nSPS) is 38.1. The number of nitrogens with two attached hydrogens (primary N) is 1. The van der Waals surface area contributed by atoms with Gasteiger partial charge in [-0.15, -0.1) is 0 Å². The highest BCUT2D eigenvalue weighted by Crippen LogP contribution is 2.55. The molecule has 0 spiro atoms. The van der Waals surface area contributed by atoms with Crippen LogP contribution >= 0.6 is 0 Å². The minimum absolute atomic E-state index is 0.102. The van der Waals surface area contributed by atoms with Gasteiger partial charge in [-0.25, -0.2) is 4.98 Å². The summed E-state index contributed by atoms with van der Waals surface area (Å²) in [6, 6.07) is 6.08. The van der Waals surface area contributed by atoms with E-state index in [1.54, 1.807) is 6.07 Å². The number of primary amides is 1. The average molecular weight is 468 g/mol. The van der Waals surface area contributed by atoms with Gasteiger partial charge in [-0.1, -0.05) is 6.07 Å². The first-order valence-electron chi connectivity index (χ1n) is 13.0. The minimum atomic E-state index is -0.495. The van der Waals surface area contributed by atoms with Gasteiger partial charge in [0.2, 0.25) is 5.91 Å². The van der Waals surface area contributed by atoms with E-state index in [1.807, 2.05) is 12.1 Å². The van der Waals surface area contributed by atoms with Crippen LogP contribution in [-0.2, 0) is 4.79 Å². The summed E-state index contributed by atoms with van der Waals surface area (Å²) in [6.45, 7) is 5.43. The Bertz CT molecular complexity index is 978. The molecule has 4 N–H and O–H groups in total. The van der Waals surface area contributed by atoms with Gasteiger partial charge in [0.15, 0.2) is 0 Å². The number of amides is 2. The fraction of sp³-hybridized carbons (Fsp3) is 0.731. The Morgan fingerprint density at radius 3 is 2.53 bits per heavy atom. The van der Waals surface area contributed by atoms with Crippen LogP contribution < -0.4 is 16.0 Å². The Morgan fingerprint density at radius 2 is 1.91 bits per heavy atom. The van der Waals surface area contributed by atoms with Gasteiger partial charge < -0.3 is 21.1 Å². The van der Waals surface area contributed by atoms with Gasteiger partial charge in [-0.3, -0.25) is 14.5 Å². The van der Waals surface area contributed by atoms with Crippen molar-refractivity contribution in [1.82, 2.24) is 15.2 Å². The molecule has 5 saturated carbocycles. The first-order chi connectivity index (χ1) is 16.2. The maximum Gasteiger partial charge on any atom is 0.270 e. The summed E-state index contributed by atoms with van der Waals surface area (Å²) in [7, 11) is 0. The molecule has 8 heteroatoms. The molecule has 0 radical (unpaired) electrons. The van der Waals surface area contributed by atoms with Crippen molar-refractivity contribution in [3.8, 4) is 0 Å². The monoisotopic (exact) mass is 467 g/mol. The minimum Gasteiger partial charge on any atom is -0.390 e. The molecule has 1 saturated heterocycles. The number of piperazine rings is 1. The summed E-state index contributed by atoms with van der Waals surface area (Å²) in [4.78, 5) is 34.4. The largest absolute Gasteiger partial charge is 0.390 e. The van der Waals surface area contributed by atoms with Crippen molar-refractivity contribution >= 4 is 17.6 Å². The summed E-state index contributed by atoms with van der Waals surface area (Å²) >= 11 is 0. The fourth-order valence-corrected chi connectivity index (χ4v) is 7.73. The number of nitrogens with zero attached hydrogens (tertiary/aromatic N) is 3. The molecule has 1 aliphatic heterocycles. The fourth-order valence-electron chi connectivity index (χ4n) is 7.73. The highest BCUT2D eigenvalue weighted by atomic mass is 16.3. The summed E-state index contributed by atoms with van der Waals surface area (Å²) in [5.41, 5.74) is 5.28. The number of hydrogen-bond acceptors (Lipinski definition) is 6. The zero-order valence-electron chi connectivity index (χ0n) is 20.1. The Balaban J connectivity index is 1.10. The van der Waals surface area contributed by atoms with E-state index >= 15 is 0 Å². The lowest BCUT2D eigenvalue weighted by molar-refractivity contribution is -0.137. The molecular weight excluding hydrogens is 430 g/mol. The van der Waals surface area contributed by atoms with Gasteiger partial charge >= 0.3 is 0 Å². The van der Waals surface area contributed by atoms with Gasteiger partial charge in [0.25, 0.3) is 5.91 Å². The topological polar surface area (TPSA) is 112 Å². The first kappa shape index (κ1) is 22.3. The molecular formula is C26H37N5O3. The maximum atomic E-state index is 13.2. The molecule has 184 valence electrons. The van der Waals surface area contributed by atoms with Crippen molar-refractivity contribution in [2.75, 3.05) is 31.1 Å². The van der Waals surface area contributed by atoms with E-state index in [0.717, 1.165) is 76.9 Å². The molecule has 8 nitrogen and oxygen atoms in total. The smallest absolute Gasteiger partial charge is 0.270 e. The van der Waals surface area contributed by atoms with E-state index in [-0.39, 0.29) is 29.3 Å². The van der Waals surface area contributed by atoms with E-state index < -0.39 is 5.60 Å². The summed E-state index contributed by atoms with van der Waals surface area (Å²) in [5, 5.41) is 14.1. The molecule has 1 aromatic heterocycles. The first-order valence-corrected chi connectivity index (χ1v) is 13.0. The Labute approximate surface area is 201 Å². The van der Waals surface area contributed by atoms with E-state index in [9.17, 15) is 14.7 Å². The van der Waals surface area contributed by atoms with Crippen LogP contribution in [0.3, 0.4) is 0 Å². The van der Waals surface area contributed by atoms with Gasteiger partial charge in [-0.2, -0.15) is 0 Å². The molecule has 3 atom stereocenters. The Hall–Kier alpha value is -2.19. The van der Waals surface area contributed by atoms with Gasteiger partial charge in [0.05, 0.1) is 11.0 Å². The average Bonchev–Trinajstić information content (AvgIpc) is 3.56. The number of pyridine rings is 1. The maximum absolute atomic E-state index is 13.2. The van der Waals surface area contributed by atoms with Crippen LogP contribution in [0.5, 0.6) is 0 Å². The third-order valence-corrected chi connectivity index (χ3v) is 9.41. The van der Waals surface area contributed by atoms with Crippen molar-refractivity contribution in [3.05, 3.63) is 23.9 Å². The zero-order valence-corrected chi connectivity index (χ0v) is 20.1.